The van der Waals surface area contributed by atoms with Gasteiger partial charge in [-0.15, -0.1) is 11.3 Å². The number of thiophene rings is 1. The molecule has 0 bridgehead atoms. The van der Waals surface area contributed by atoms with Gasteiger partial charge in [-0.05, 0) is 35.7 Å². The Labute approximate surface area is 154 Å². The molecule has 4 rings (SSSR count). The minimum absolute atomic E-state index is 0.497. The van der Waals surface area contributed by atoms with Crippen molar-refractivity contribution in [1.82, 2.24) is 9.97 Å². The summed E-state index contributed by atoms with van der Waals surface area (Å²) in [6.45, 7) is 3.07. The van der Waals surface area contributed by atoms with Crippen LogP contribution in [0.5, 0.6) is 0 Å². The fourth-order valence-electron chi connectivity index (χ4n) is 2.84. The molecule has 3 aromatic rings. The Morgan fingerprint density at radius 2 is 1.96 bits per heavy atom. The fraction of sp³-hybridized carbons (Fsp3) is 0.278. The van der Waals surface area contributed by atoms with Crippen LogP contribution < -0.4 is 10.2 Å². The molecule has 0 radical (unpaired) electrons. The zero-order valence-electron chi connectivity index (χ0n) is 14.3. The number of hydrogen-bond donors (Lipinski definition) is 1. The fourth-order valence-corrected chi connectivity index (χ4v) is 3.69. The zero-order valence-corrected chi connectivity index (χ0v) is 15.1. The highest BCUT2D eigenvalue weighted by molar-refractivity contribution is 7.17. The van der Waals surface area contributed by atoms with Crippen LogP contribution in [0.15, 0.2) is 35.7 Å². The van der Waals surface area contributed by atoms with Gasteiger partial charge in [-0.25, -0.2) is 14.8 Å². The molecule has 1 amide bonds. The van der Waals surface area contributed by atoms with E-state index in [1.165, 1.54) is 7.11 Å². The molecule has 1 aliphatic heterocycles. The van der Waals surface area contributed by atoms with Gasteiger partial charge in [0.25, 0.3) is 0 Å². The monoisotopic (exact) mass is 370 g/mol. The van der Waals surface area contributed by atoms with E-state index in [2.05, 4.69) is 15.0 Å². The van der Waals surface area contributed by atoms with Gasteiger partial charge in [0, 0.05) is 24.3 Å². The lowest BCUT2D eigenvalue weighted by Gasteiger charge is -2.28. The summed E-state index contributed by atoms with van der Waals surface area (Å²) in [6, 6.07) is 9.41. The maximum Gasteiger partial charge on any atom is 0.411 e. The number of nitrogens with one attached hydrogen (secondary N) is 1. The van der Waals surface area contributed by atoms with E-state index in [1.807, 2.05) is 35.7 Å². The molecule has 0 spiro atoms. The number of aromatic nitrogens is 2. The first kappa shape index (κ1) is 16.7. The highest BCUT2D eigenvalue weighted by Gasteiger charge is 2.18. The highest BCUT2D eigenvalue weighted by atomic mass is 32.1. The first-order valence-corrected chi connectivity index (χ1v) is 9.16. The summed E-state index contributed by atoms with van der Waals surface area (Å²) in [7, 11) is 1.33. The maximum atomic E-state index is 11.3. The number of nitrogens with zero attached hydrogens (tertiary/aromatic N) is 3. The van der Waals surface area contributed by atoms with Crippen molar-refractivity contribution in [3.63, 3.8) is 0 Å². The molecule has 0 aliphatic carbocycles. The van der Waals surface area contributed by atoms with E-state index in [-0.39, 0.29) is 0 Å². The molecule has 7 nitrogen and oxygen atoms in total. The van der Waals surface area contributed by atoms with Crippen molar-refractivity contribution in [3.05, 3.63) is 35.7 Å². The van der Waals surface area contributed by atoms with E-state index in [1.54, 1.807) is 11.3 Å². The lowest BCUT2D eigenvalue weighted by Crippen LogP contribution is -2.36. The van der Waals surface area contributed by atoms with Crippen LogP contribution in [0.3, 0.4) is 0 Å². The van der Waals surface area contributed by atoms with E-state index in [4.69, 9.17) is 14.7 Å². The van der Waals surface area contributed by atoms with Gasteiger partial charge in [0.2, 0.25) is 0 Å². The average molecular weight is 370 g/mol. The Hall–Kier alpha value is -2.71. The smallest absolute Gasteiger partial charge is 0.411 e. The molecule has 8 heteroatoms. The van der Waals surface area contributed by atoms with E-state index >= 15 is 0 Å². The first-order chi connectivity index (χ1) is 12.7. The largest absolute Gasteiger partial charge is 0.453 e. The molecule has 0 atom stereocenters. The van der Waals surface area contributed by atoms with Crippen LogP contribution in [0.2, 0.25) is 0 Å². The summed E-state index contributed by atoms with van der Waals surface area (Å²) in [4.78, 5) is 23.1. The second kappa shape index (κ2) is 7.27. The van der Waals surface area contributed by atoms with Gasteiger partial charge >= 0.3 is 6.09 Å². The van der Waals surface area contributed by atoms with Crippen LogP contribution in [0, 0.1) is 0 Å². The second-order valence-corrected chi connectivity index (χ2v) is 6.72. The van der Waals surface area contributed by atoms with Gasteiger partial charge in [-0.1, -0.05) is 0 Å². The van der Waals surface area contributed by atoms with Crippen LogP contribution in [0.4, 0.5) is 16.3 Å². The van der Waals surface area contributed by atoms with Crippen molar-refractivity contribution < 1.29 is 14.3 Å². The number of morpholine rings is 1. The van der Waals surface area contributed by atoms with Gasteiger partial charge in [0.15, 0.2) is 11.6 Å². The molecule has 3 heterocycles. The molecule has 26 heavy (non-hydrogen) atoms. The molecular weight excluding hydrogens is 352 g/mol. The Balaban J connectivity index is 1.69. The first-order valence-electron chi connectivity index (χ1n) is 8.28. The molecular formula is C18H18N4O3S. The van der Waals surface area contributed by atoms with Crippen LogP contribution in [0.1, 0.15) is 0 Å². The predicted octanol–water partition coefficient (Wildman–Crippen LogP) is 3.37. The van der Waals surface area contributed by atoms with Crippen molar-refractivity contribution >= 4 is 39.2 Å². The van der Waals surface area contributed by atoms with E-state index in [9.17, 15) is 4.79 Å². The molecule has 1 saturated heterocycles. The van der Waals surface area contributed by atoms with E-state index in [0.717, 1.165) is 34.7 Å². The van der Waals surface area contributed by atoms with Gasteiger partial charge in [-0.3, -0.25) is 5.32 Å². The SMILES string of the molecule is COC(=O)Nc1ccc(-c2nc(N3CCOCC3)c3sccc3n2)cc1. The molecule has 0 saturated carbocycles. The standard InChI is InChI=1S/C18H18N4O3S/c1-24-18(23)19-13-4-2-12(3-5-13)16-20-14-6-11-26-15(14)17(21-16)22-7-9-25-10-8-22/h2-6,11H,7-10H2,1H3,(H,19,23). The molecule has 1 aliphatic rings. The highest BCUT2D eigenvalue weighted by Crippen LogP contribution is 2.32. The quantitative estimate of drug-likeness (QED) is 0.762. The number of carbonyl (C=O) groups is 1. The Kier molecular flexibility index (Phi) is 4.68. The van der Waals surface area contributed by atoms with Crippen molar-refractivity contribution in [1.29, 1.82) is 0 Å². The molecule has 1 N–H and O–H groups in total. The second-order valence-electron chi connectivity index (χ2n) is 5.80. The van der Waals surface area contributed by atoms with Gasteiger partial charge in [0.1, 0.15) is 0 Å². The third kappa shape index (κ3) is 3.33. The van der Waals surface area contributed by atoms with E-state index in [0.29, 0.717) is 24.7 Å². The van der Waals surface area contributed by atoms with Crippen molar-refractivity contribution in [2.45, 2.75) is 0 Å². The Bertz CT molecular complexity index is 920. The van der Waals surface area contributed by atoms with Gasteiger partial charge in [-0.2, -0.15) is 0 Å². The number of carbonyl (C=O) groups excluding carboxylic acids is 1. The van der Waals surface area contributed by atoms with Gasteiger partial charge in [0.05, 0.1) is 30.5 Å². The Morgan fingerprint density at radius 1 is 1.19 bits per heavy atom. The normalized spacial score (nSPS) is 14.4. The summed E-state index contributed by atoms with van der Waals surface area (Å²) < 4.78 is 11.2. The van der Waals surface area contributed by atoms with Crippen LogP contribution in [-0.2, 0) is 9.47 Å². The maximum absolute atomic E-state index is 11.3. The number of hydrogen-bond acceptors (Lipinski definition) is 7. The Morgan fingerprint density at radius 3 is 2.69 bits per heavy atom. The number of fused-ring (bicyclic) bond motifs is 1. The average Bonchev–Trinajstić information content (AvgIpc) is 3.17. The zero-order chi connectivity index (χ0) is 17.9. The number of rotatable bonds is 3. The topological polar surface area (TPSA) is 76.6 Å². The number of anilines is 2. The predicted molar refractivity (Wildman–Crippen MR) is 102 cm³/mol. The van der Waals surface area contributed by atoms with Crippen LogP contribution >= 0.6 is 11.3 Å². The van der Waals surface area contributed by atoms with Crippen molar-refractivity contribution in [2.75, 3.05) is 43.6 Å². The lowest BCUT2D eigenvalue weighted by atomic mass is 10.2. The molecule has 1 aromatic carbocycles. The summed E-state index contributed by atoms with van der Waals surface area (Å²) in [5.41, 5.74) is 2.49. The number of benzene rings is 1. The number of ether oxygens (including phenoxy) is 2. The van der Waals surface area contributed by atoms with Crippen LogP contribution in [-0.4, -0.2) is 49.5 Å². The molecule has 1 fully saturated rings. The summed E-state index contributed by atoms with van der Waals surface area (Å²) >= 11 is 1.65. The number of amides is 1. The van der Waals surface area contributed by atoms with Crippen molar-refractivity contribution in [2.24, 2.45) is 0 Å². The minimum Gasteiger partial charge on any atom is -0.453 e. The lowest BCUT2D eigenvalue weighted by molar-refractivity contribution is 0.122. The third-order valence-electron chi connectivity index (χ3n) is 4.17. The van der Waals surface area contributed by atoms with Crippen LogP contribution in [0.25, 0.3) is 21.6 Å². The van der Waals surface area contributed by atoms with Gasteiger partial charge < -0.3 is 14.4 Å². The van der Waals surface area contributed by atoms with E-state index < -0.39 is 6.09 Å². The molecule has 0 unspecified atom stereocenters. The minimum atomic E-state index is -0.497. The molecule has 134 valence electrons. The third-order valence-corrected chi connectivity index (χ3v) is 5.07. The van der Waals surface area contributed by atoms with Crippen molar-refractivity contribution in [3.8, 4) is 11.4 Å². The molecule has 2 aromatic heterocycles. The summed E-state index contributed by atoms with van der Waals surface area (Å²) in [5.74, 6) is 1.63. The summed E-state index contributed by atoms with van der Waals surface area (Å²) in [5, 5.41) is 4.67. The summed E-state index contributed by atoms with van der Waals surface area (Å²) in [6.07, 6.45) is -0.497. The number of methoxy groups -OCH3 is 1.